The standard InChI is InChI=1S/C19H26INO4/c1-19(2,3)25-18(24)21(15-6-4-5-7-15)16(17(22)23)12-13-8-10-14(20)11-9-13/h8-11,15-16H,4-7,12H2,1-3H3,(H,22,23)/t16-/m0/s1. The minimum Gasteiger partial charge on any atom is -0.480 e. The summed E-state index contributed by atoms with van der Waals surface area (Å²) in [6.07, 6.45) is 3.44. The van der Waals surface area contributed by atoms with Crippen molar-refractivity contribution in [2.75, 3.05) is 0 Å². The molecular formula is C19H26INO4. The van der Waals surface area contributed by atoms with Gasteiger partial charge in [-0.3, -0.25) is 4.90 Å². The van der Waals surface area contributed by atoms with Crippen LogP contribution in [0.3, 0.4) is 0 Å². The summed E-state index contributed by atoms with van der Waals surface area (Å²) in [5.74, 6) is -0.990. The maximum absolute atomic E-state index is 12.8. The Balaban J connectivity index is 2.27. The molecule has 0 radical (unpaired) electrons. The highest BCUT2D eigenvalue weighted by Gasteiger charge is 2.38. The van der Waals surface area contributed by atoms with Crippen LogP contribution < -0.4 is 0 Å². The van der Waals surface area contributed by atoms with Crippen molar-refractivity contribution in [1.82, 2.24) is 4.90 Å². The Morgan fingerprint density at radius 2 is 1.80 bits per heavy atom. The Bertz CT molecular complexity index is 603. The number of rotatable bonds is 5. The third-order valence-corrected chi connectivity index (χ3v) is 5.00. The van der Waals surface area contributed by atoms with E-state index in [4.69, 9.17) is 4.74 Å². The molecule has 0 spiro atoms. The number of benzene rings is 1. The first-order valence-corrected chi connectivity index (χ1v) is 9.74. The Kier molecular flexibility index (Phi) is 6.71. The van der Waals surface area contributed by atoms with Crippen molar-refractivity contribution in [3.05, 3.63) is 33.4 Å². The van der Waals surface area contributed by atoms with Crippen molar-refractivity contribution in [1.29, 1.82) is 0 Å². The number of hydrogen-bond acceptors (Lipinski definition) is 3. The molecule has 0 saturated heterocycles. The van der Waals surface area contributed by atoms with Crippen molar-refractivity contribution in [2.24, 2.45) is 0 Å². The molecule has 0 heterocycles. The van der Waals surface area contributed by atoms with E-state index >= 15 is 0 Å². The number of amides is 1. The average molecular weight is 459 g/mol. The largest absolute Gasteiger partial charge is 0.480 e. The number of hydrogen-bond donors (Lipinski definition) is 1. The van der Waals surface area contributed by atoms with Gasteiger partial charge in [-0.05, 0) is 73.9 Å². The fourth-order valence-electron chi connectivity index (χ4n) is 3.18. The van der Waals surface area contributed by atoms with E-state index < -0.39 is 23.7 Å². The minimum absolute atomic E-state index is 0.0696. The lowest BCUT2D eigenvalue weighted by molar-refractivity contribution is -0.144. The van der Waals surface area contributed by atoms with Crippen LogP contribution in [-0.2, 0) is 16.0 Å². The second-order valence-corrected chi connectivity index (χ2v) is 8.76. The number of halogens is 1. The van der Waals surface area contributed by atoms with Crippen molar-refractivity contribution < 1.29 is 19.4 Å². The molecule has 138 valence electrons. The topological polar surface area (TPSA) is 66.8 Å². The molecule has 1 aliphatic carbocycles. The van der Waals surface area contributed by atoms with E-state index in [9.17, 15) is 14.7 Å². The number of carbonyl (C=O) groups excluding carboxylic acids is 1. The highest BCUT2D eigenvalue weighted by Crippen LogP contribution is 2.28. The number of carbonyl (C=O) groups is 2. The summed E-state index contributed by atoms with van der Waals surface area (Å²) in [5, 5.41) is 9.82. The van der Waals surface area contributed by atoms with Crippen LogP contribution in [-0.4, -0.2) is 39.8 Å². The van der Waals surface area contributed by atoms with Gasteiger partial charge in [0.15, 0.2) is 0 Å². The highest BCUT2D eigenvalue weighted by atomic mass is 127. The summed E-state index contributed by atoms with van der Waals surface area (Å²) in [6.45, 7) is 5.39. The molecular weight excluding hydrogens is 433 g/mol. The van der Waals surface area contributed by atoms with Crippen LogP contribution >= 0.6 is 22.6 Å². The molecule has 1 saturated carbocycles. The number of aliphatic carboxylic acids is 1. The van der Waals surface area contributed by atoms with Gasteiger partial charge in [0.25, 0.3) is 0 Å². The summed E-state index contributed by atoms with van der Waals surface area (Å²) >= 11 is 2.21. The summed E-state index contributed by atoms with van der Waals surface area (Å²) < 4.78 is 6.61. The van der Waals surface area contributed by atoms with Gasteiger partial charge in [-0.15, -0.1) is 0 Å². The van der Waals surface area contributed by atoms with Crippen molar-refractivity contribution in [3.63, 3.8) is 0 Å². The van der Waals surface area contributed by atoms with Gasteiger partial charge in [-0.1, -0.05) is 25.0 Å². The average Bonchev–Trinajstić information content (AvgIpc) is 3.00. The molecule has 1 N–H and O–H groups in total. The van der Waals surface area contributed by atoms with E-state index in [1.807, 2.05) is 24.3 Å². The summed E-state index contributed by atoms with van der Waals surface area (Å²) in [7, 11) is 0. The van der Waals surface area contributed by atoms with Crippen molar-refractivity contribution in [3.8, 4) is 0 Å². The smallest absolute Gasteiger partial charge is 0.411 e. The second kappa shape index (κ2) is 8.38. The van der Waals surface area contributed by atoms with Crippen LogP contribution in [0.1, 0.15) is 52.0 Å². The van der Waals surface area contributed by atoms with E-state index in [1.54, 1.807) is 20.8 Å². The zero-order valence-electron chi connectivity index (χ0n) is 15.0. The predicted octanol–water partition coefficient (Wildman–Crippen LogP) is 4.47. The van der Waals surface area contributed by atoms with Crippen LogP contribution in [0.5, 0.6) is 0 Å². The van der Waals surface area contributed by atoms with Gasteiger partial charge in [0.2, 0.25) is 0 Å². The van der Waals surface area contributed by atoms with E-state index in [1.165, 1.54) is 4.90 Å². The first-order chi connectivity index (χ1) is 11.7. The maximum atomic E-state index is 12.8. The monoisotopic (exact) mass is 459 g/mol. The van der Waals surface area contributed by atoms with Crippen LogP contribution in [0.15, 0.2) is 24.3 Å². The predicted molar refractivity (Wildman–Crippen MR) is 105 cm³/mol. The quantitative estimate of drug-likeness (QED) is 0.661. The van der Waals surface area contributed by atoms with E-state index in [-0.39, 0.29) is 12.5 Å². The highest BCUT2D eigenvalue weighted by molar-refractivity contribution is 14.1. The summed E-state index contributed by atoms with van der Waals surface area (Å²) in [6, 6.07) is 6.74. The van der Waals surface area contributed by atoms with Crippen molar-refractivity contribution >= 4 is 34.7 Å². The lowest BCUT2D eigenvalue weighted by Gasteiger charge is -2.35. The molecule has 5 nitrogen and oxygen atoms in total. The Morgan fingerprint density at radius 3 is 2.28 bits per heavy atom. The van der Waals surface area contributed by atoms with Gasteiger partial charge in [-0.2, -0.15) is 0 Å². The fourth-order valence-corrected chi connectivity index (χ4v) is 3.54. The summed E-state index contributed by atoms with van der Waals surface area (Å²) in [5.41, 5.74) is 0.249. The van der Waals surface area contributed by atoms with Gasteiger partial charge in [0.05, 0.1) is 0 Å². The number of ether oxygens (including phenoxy) is 1. The van der Waals surface area contributed by atoms with Gasteiger partial charge in [0, 0.05) is 16.0 Å². The lowest BCUT2D eigenvalue weighted by atomic mass is 10.0. The van der Waals surface area contributed by atoms with Crippen LogP contribution in [0, 0.1) is 3.57 Å². The molecule has 1 aliphatic rings. The molecule has 25 heavy (non-hydrogen) atoms. The zero-order valence-corrected chi connectivity index (χ0v) is 17.2. The van der Waals surface area contributed by atoms with E-state index in [2.05, 4.69) is 22.6 Å². The van der Waals surface area contributed by atoms with Crippen molar-refractivity contribution in [2.45, 2.75) is 70.6 Å². The maximum Gasteiger partial charge on any atom is 0.411 e. The van der Waals surface area contributed by atoms with E-state index in [0.29, 0.717) is 0 Å². The molecule has 1 atom stereocenters. The third-order valence-electron chi connectivity index (χ3n) is 4.29. The SMILES string of the molecule is CC(C)(C)OC(=O)N(C1CCCC1)[C@@H](Cc1ccc(I)cc1)C(=O)O. The number of carboxylic acid groups (broad SMARTS) is 1. The molecule has 6 heteroatoms. The molecule has 0 aromatic heterocycles. The number of carboxylic acids is 1. The van der Waals surface area contributed by atoms with Gasteiger partial charge in [-0.25, -0.2) is 9.59 Å². The Labute approximate surface area is 162 Å². The lowest BCUT2D eigenvalue weighted by Crippen LogP contribution is -2.52. The molecule has 1 aromatic carbocycles. The molecule has 1 aromatic rings. The molecule has 0 unspecified atom stereocenters. The van der Waals surface area contributed by atoms with E-state index in [0.717, 1.165) is 34.8 Å². The Hall–Kier alpha value is -1.31. The Morgan fingerprint density at radius 1 is 1.24 bits per heavy atom. The van der Waals surface area contributed by atoms with Crippen LogP contribution in [0.25, 0.3) is 0 Å². The third kappa shape index (κ3) is 5.87. The molecule has 2 rings (SSSR count). The van der Waals surface area contributed by atoms with Gasteiger partial charge >= 0.3 is 12.1 Å². The van der Waals surface area contributed by atoms with Crippen LogP contribution in [0.4, 0.5) is 4.79 Å². The first-order valence-electron chi connectivity index (χ1n) is 8.66. The molecule has 0 aliphatic heterocycles. The second-order valence-electron chi connectivity index (χ2n) is 7.51. The fraction of sp³-hybridized carbons (Fsp3) is 0.579. The minimum atomic E-state index is -0.990. The molecule has 0 bridgehead atoms. The molecule has 1 fully saturated rings. The van der Waals surface area contributed by atoms with Crippen LogP contribution in [0.2, 0.25) is 0 Å². The normalized spacial score (nSPS) is 16.5. The zero-order chi connectivity index (χ0) is 18.6. The first kappa shape index (κ1) is 20.0. The van der Waals surface area contributed by atoms with Gasteiger partial charge < -0.3 is 9.84 Å². The number of nitrogens with zero attached hydrogens (tertiary/aromatic N) is 1. The summed E-state index contributed by atoms with van der Waals surface area (Å²) in [4.78, 5) is 26.2. The molecule has 1 amide bonds. The van der Waals surface area contributed by atoms with Gasteiger partial charge in [0.1, 0.15) is 11.6 Å².